The summed E-state index contributed by atoms with van der Waals surface area (Å²) in [5, 5.41) is 18.1. The fourth-order valence-electron chi connectivity index (χ4n) is 3.39. The van der Waals surface area contributed by atoms with E-state index < -0.39 is 35.4 Å². The molecule has 0 spiro atoms. The first-order chi connectivity index (χ1) is 17.8. The molecule has 2 aromatic heterocycles. The molecule has 0 aromatic carbocycles. The van der Waals surface area contributed by atoms with Gasteiger partial charge in [-0.3, -0.25) is 0 Å². The highest BCUT2D eigenvalue weighted by Crippen LogP contribution is 2.26. The van der Waals surface area contributed by atoms with Gasteiger partial charge in [-0.25, -0.2) is 23.5 Å². The monoisotopic (exact) mass is 534 g/mol. The van der Waals surface area contributed by atoms with Crippen molar-refractivity contribution < 1.29 is 27.8 Å². The number of pyridine rings is 2. The molecule has 0 saturated heterocycles. The van der Waals surface area contributed by atoms with Gasteiger partial charge in [0.2, 0.25) is 0 Å². The van der Waals surface area contributed by atoms with Crippen LogP contribution in [0.1, 0.15) is 53.5 Å². The molecule has 2 aromatic rings. The Kier molecular flexibility index (Phi) is 11.0. The molecule has 208 valence electrons. The van der Waals surface area contributed by atoms with Crippen molar-refractivity contribution in [1.82, 2.24) is 15.3 Å². The third kappa shape index (κ3) is 9.63. The van der Waals surface area contributed by atoms with Gasteiger partial charge >= 0.3 is 6.09 Å². The lowest BCUT2D eigenvalue weighted by Gasteiger charge is -2.29. The number of methoxy groups -OCH3 is 1. The van der Waals surface area contributed by atoms with Gasteiger partial charge in [-0.05, 0) is 46.1 Å². The van der Waals surface area contributed by atoms with E-state index in [0.29, 0.717) is 6.42 Å². The minimum atomic E-state index is -0.753. The molecule has 0 aliphatic rings. The van der Waals surface area contributed by atoms with E-state index >= 15 is 0 Å². The van der Waals surface area contributed by atoms with Crippen LogP contribution in [0.3, 0.4) is 0 Å². The van der Waals surface area contributed by atoms with Crippen LogP contribution >= 0.6 is 0 Å². The molecule has 0 fully saturated rings. The van der Waals surface area contributed by atoms with Crippen molar-refractivity contribution in [2.45, 2.75) is 65.6 Å². The van der Waals surface area contributed by atoms with E-state index in [0.717, 1.165) is 12.1 Å². The van der Waals surface area contributed by atoms with Crippen LogP contribution in [0.15, 0.2) is 18.3 Å². The summed E-state index contributed by atoms with van der Waals surface area (Å²) in [7, 11) is 1.50. The number of carbonyl (C=O) groups excluding carboxylic acids is 1. The molecule has 38 heavy (non-hydrogen) atoms. The van der Waals surface area contributed by atoms with E-state index in [9.17, 15) is 18.8 Å². The van der Waals surface area contributed by atoms with Crippen molar-refractivity contribution in [3.05, 3.63) is 35.5 Å². The van der Waals surface area contributed by atoms with E-state index in [-0.39, 0.29) is 47.9 Å². The summed E-state index contributed by atoms with van der Waals surface area (Å²) in [6.07, 6.45) is 1.28. The van der Waals surface area contributed by atoms with Crippen LogP contribution < -0.4 is 20.7 Å². The second kappa shape index (κ2) is 13.7. The van der Waals surface area contributed by atoms with Gasteiger partial charge in [-0.1, -0.05) is 13.8 Å². The van der Waals surface area contributed by atoms with Gasteiger partial charge in [-0.15, -0.1) is 0 Å². The van der Waals surface area contributed by atoms with Crippen LogP contribution in [0, 0.1) is 28.9 Å². The Labute approximate surface area is 222 Å². The smallest absolute Gasteiger partial charge is 0.407 e. The largest absolute Gasteiger partial charge is 0.473 e. The summed E-state index contributed by atoms with van der Waals surface area (Å²) >= 11 is 0. The van der Waals surface area contributed by atoms with Crippen LogP contribution in [0.4, 0.5) is 30.9 Å². The van der Waals surface area contributed by atoms with Gasteiger partial charge in [0.1, 0.15) is 18.3 Å². The van der Waals surface area contributed by atoms with E-state index in [2.05, 4.69) is 25.9 Å². The molecule has 0 radical (unpaired) electrons. The van der Waals surface area contributed by atoms with Gasteiger partial charge in [0, 0.05) is 25.3 Å². The molecule has 0 saturated carbocycles. The van der Waals surface area contributed by atoms with Crippen LogP contribution in [0.25, 0.3) is 0 Å². The lowest BCUT2D eigenvalue weighted by molar-refractivity contribution is 0.0501. The number of rotatable bonds is 12. The van der Waals surface area contributed by atoms with Crippen LogP contribution in [0.2, 0.25) is 0 Å². The van der Waals surface area contributed by atoms with Crippen LogP contribution in [-0.2, 0) is 9.47 Å². The van der Waals surface area contributed by atoms with E-state index in [4.69, 9.17) is 14.2 Å². The summed E-state index contributed by atoms with van der Waals surface area (Å²) < 4.78 is 44.8. The highest BCUT2D eigenvalue weighted by atomic mass is 19.1. The second-order valence-corrected chi connectivity index (χ2v) is 10.1. The summed E-state index contributed by atoms with van der Waals surface area (Å²) in [5.74, 6) is -1.62. The second-order valence-electron chi connectivity index (χ2n) is 10.1. The summed E-state index contributed by atoms with van der Waals surface area (Å²) in [6, 6.07) is 3.16. The highest BCUT2D eigenvalue weighted by molar-refractivity contribution is 5.68. The average molecular weight is 535 g/mol. The average Bonchev–Trinajstić information content (AvgIpc) is 2.80. The lowest BCUT2D eigenvalue weighted by atomic mass is 9.98. The van der Waals surface area contributed by atoms with Gasteiger partial charge in [0.15, 0.2) is 23.3 Å². The zero-order valence-electron chi connectivity index (χ0n) is 22.8. The topological polar surface area (TPSA) is 130 Å². The number of alkyl carbamates (subject to hydrolysis) is 1. The number of aromatic nitrogens is 2. The van der Waals surface area contributed by atoms with Crippen molar-refractivity contribution in [3.8, 4) is 11.9 Å². The number of hydrogen-bond acceptors (Lipinski definition) is 9. The van der Waals surface area contributed by atoms with Crippen molar-refractivity contribution in [2.75, 3.05) is 31.0 Å². The number of nitrogens with one attached hydrogen (secondary N) is 3. The Morgan fingerprint density at radius 2 is 1.84 bits per heavy atom. The molecule has 3 N–H and O–H groups in total. The number of nitrogens with zero attached hydrogens (tertiary/aromatic N) is 3. The predicted octanol–water partition coefficient (Wildman–Crippen LogP) is 5.14. The first-order valence-corrected chi connectivity index (χ1v) is 12.2. The number of hydrogen-bond donors (Lipinski definition) is 3. The third-order valence-corrected chi connectivity index (χ3v) is 5.09. The van der Waals surface area contributed by atoms with Gasteiger partial charge in [0.25, 0.3) is 5.88 Å². The number of anilines is 3. The summed E-state index contributed by atoms with van der Waals surface area (Å²) in [5.41, 5.74) is -0.578. The molecule has 2 atom stereocenters. The third-order valence-electron chi connectivity index (χ3n) is 5.09. The van der Waals surface area contributed by atoms with Gasteiger partial charge in [-0.2, -0.15) is 5.26 Å². The van der Waals surface area contributed by atoms with Crippen LogP contribution in [0.5, 0.6) is 5.88 Å². The molecule has 10 nitrogen and oxygen atoms in total. The molecule has 2 rings (SSSR count). The standard InChI is InChI=1S/C26H36F2N6O4/c1-15(2)10-21(16(3)31-25(35)38-26(4,5)6)33-23-19(27)11-17(13-29)22(34-23)32-18-12-20(28)24(30-14-18)37-9-8-36-7/h11-12,14-16,21H,8-10H2,1-7H3,(H,31,35)(H2,32,33,34)/t16-,21+/m0/s1. The number of ether oxygens (including phenoxy) is 3. The van der Waals surface area contributed by atoms with Crippen molar-refractivity contribution in [1.29, 1.82) is 5.26 Å². The minimum Gasteiger partial charge on any atom is -0.473 e. The maximum absolute atomic E-state index is 15.0. The fourth-order valence-corrected chi connectivity index (χ4v) is 3.39. The first kappa shape index (κ1) is 30.5. The zero-order chi connectivity index (χ0) is 28.5. The first-order valence-electron chi connectivity index (χ1n) is 12.2. The van der Waals surface area contributed by atoms with E-state index in [1.54, 1.807) is 27.7 Å². The minimum absolute atomic E-state index is 0.00158. The highest BCUT2D eigenvalue weighted by Gasteiger charge is 2.25. The predicted molar refractivity (Wildman–Crippen MR) is 139 cm³/mol. The molecule has 2 heterocycles. The van der Waals surface area contributed by atoms with Gasteiger partial charge in [0.05, 0.1) is 24.1 Å². The molecule has 1 amide bonds. The molecule has 0 aliphatic carbocycles. The molecule has 0 aliphatic heterocycles. The maximum Gasteiger partial charge on any atom is 0.407 e. The Morgan fingerprint density at radius 3 is 2.42 bits per heavy atom. The van der Waals surface area contributed by atoms with E-state index in [1.807, 2.05) is 19.9 Å². The molecule has 0 bridgehead atoms. The molecule has 0 unspecified atom stereocenters. The SMILES string of the molecule is COCCOc1ncc(Nc2nc(N[C@H](CC(C)C)[C@H](C)NC(=O)OC(C)(C)C)c(F)cc2C#N)cc1F. The lowest BCUT2D eigenvalue weighted by Crippen LogP contribution is -2.47. The summed E-state index contributed by atoms with van der Waals surface area (Å²) in [4.78, 5) is 20.5. The quantitative estimate of drug-likeness (QED) is 0.317. The maximum atomic E-state index is 15.0. The van der Waals surface area contributed by atoms with E-state index in [1.165, 1.54) is 13.3 Å². The van der Waals surface area contributed by atoms with Crippen LogP contribution in [-0.4, -0.2) is 54.1 Å². The number of halogens is 2. The van der Waals surface area contributed by atoms with Crippen molar-refractivity contribution in [3.63, 3.8) is 0 Å². The Hall–Kier alpha value is -3.72. The van der Waals surface area contributed by atoms with Crippen molar-refractivity contribution >= 4 is 23.4 Å². The summed E-state index contributed by atoms with van der Waals surface area (Å²) in [6.45, 7) is 11.4. The van der Waals surface area contributed by atoms with Gasteiger partial charge < -0.3 is 30.2 Å². The van der Waals surface area contributed by atoms with Crippen molar-refractivity contribution in [2.24, 2.45) is 5.92 Å². The number of nitriles is 1. The normalized spacial score (nSPS) is 12.9. The number of amides is 1. The Morgan fingerprint density at radius 1 is 1.13 bits per heavy atom. The fraction of sp³-hybridized carbons (Fsp3) is 0.538. The Balaban J connectivity index is 2.27. The molecular formula is C26H36F2N6O4. The zero-order valence-corrected chi connectivity index (χ0v) is 22.8. The molecule has 12 heteroatoms. The Bertz CT molecular complexity index is 1130. The number of carbonyl (C=O) groups is 1. The molecular weight excluding hydrogens is 498 g/mol.